The van der Waals surface area contributed by atoms with Crippen molar-refractivity contribution in [2.75, 3.05) is 19.8 Å². The van der Waals surface area contributed by atoms with Crippen molar-refractivity contribution in [1.29, 1.82) is 5.26 Å². The summed E-state index contributed by atoms with van der Waals surface area (Å²) in [5, 5.41) is 11.8. The highest BCUT2D eigenvalue weighted by Crippen LogP contribution is 2.23. The predicted molar refractivity (Wildman–Crippen MR) is 89.1 cm³/mol. The van der Waals surface area contributed by atoms with Gasteiger partial charge in [-0.1, -0.05) is 45.0 Å². The van der Waals surface area contributed by atoms with Gasteiger partial charge in [0.1, 0.15) is 6.04 Å². The molecule has 1 aromatic rings. The van der Waals surface area contributed by atoms with Crippen LogP contribution in [0.5, 0.6) is 0 Å². The molecule has 0 aliphatic rings. The fourth-order valence-corrected chi connectivity index (χ4v) is 2.24. The fraction of sp³-hybridized carbons (Fsp3) is 0.500. The van der Waals surface area contributed by atoms with Gasteiger partial charge in [0.2, 0.25) is 15.9 Å². The Hall–Kier alpha value is -1.91. The van der Waals surface area contributed by atoms with E-state index in [2.05, 4.69) is 26.1 Å². The highest BCUT2D eigenvalue weighted by molar-refractivity contribution is 7.88. The van der Waals surface area contributed by atoms with E-state index < -0.39 is 22.0 Å². The van der Waals surface area contributed by atoms with E-state index in [0.29, 0.717) is 5.56 Å². The predicted octanol–water partition coefficient (Wildman–Crippen LogP) is 1.56. The van der Waals surface area contributed by atoms with Crippen LogP contribution in [-0.2, 0) is 20.2 Å². The van der Waals surface area contributed by atoms with Crippen LogP contribution in [0.25, 0.3) is 0 Å². The summed E-state index contributed by atoms with van der Waals surface area (Å²) in [4.78, 5) is 11.9. The quantitative estimate of drug-likeness (QED) is 0.883. The number of rotatable bonds is 5. The third kappa shape index (κ3) is 5.66. The first-order valence-corrected chi connectivity index (χ1v) is 9.00. The molecule has 7 heteroatoms. The molecule has 0 fully saturated rings. The molecule has 1 rings (SSSR count). The van der Waals surface area contributed by atoms with Gasteiger partial charge in [-0.2, -0.15) is 9.57 Å². The van der Waals surface area contributed by atoms with Crippen molar-refractivity contribution >= 4 is 15.9 Å². The normalized spacial score (nSPS) is 13.4. The third-order valence-electron chi connectivity index (χ3n) is 3.48. The van der Waals surface area contributed by atoms with Gasteiger partial charge < -0.3 is 5.32 Å². The first-order chi connectivity index (χ1) is 10.4. The Labute approximate surface area is 138 Å². The van der Waals surface area contributed by atoms with Gasteiger partial charge in [0.25, 0.3) is 0 Å². The number of carbonyl (C=O) groups is 1. The largest absolute Gasteiger partial charge is 0.335 e. The first kappa shape index (κ1) is 19.1. The van der Waals surface area contributed by atoms with Crippen molar-refractivity contribution in [2.24, 2.45) is 0 Å². The minimum atomic E-state index is -3.44. The number of nitrogens with zero attached hydrogens (tertiary/aromatic N) is 2. The van der Waals surface area contributed by atoms with Crippen LogP contribution in [0, 0.1) is 11.3 Å². The Bertz CT molecular complexity index is 698. The lowest BCUT2D eigenvalue weighted by Gasteiger charge is -2.20. The molecule has 6 nitrogen and oxygen atoms in total. The Morgan fingerprint density at radius 3 is 2.22 bits per heavy atom. The Morgan fingerprint density at radius 1 is 1.30 bits per heavy atom. The zero-order valence-electron chi connectivity index (χ0n) is 14.1. The summed E-state index contributed by atoms with van der Waals surface area (Å²) >= 11 is 0. The number of hydrogen-bond donors (Lipinski definition) is 1. The monoisotopic (exact) mass is 337 g/mol. The maximum Gasteiger partial charge on any atom is 0.236 e. The molecule has 0 heterocycles. The van der Waals surface area contributed by atoms with E-state index in [-0.39, 0.29) is 12.0 Å². The molecule has 0 saturated carbocycles. The molecule has 1 N–H and O–H groups in total. The molecule has 1 aromatic carbocycles. The van der Waals surface area contributed by atoms with Gasteiger partial charge in [-0.15, -0.1) is 0 Å². The molecular weight excluding hydrogens is 314 g/mol. The summed E-state index contributed by atoms with van der Waals surface area (Å²) in [7, 11) is -2.12. The van der Waals surface area contributed by atoms with Crippen LogP contribution >= 0.6 is 0 Å². The first-order valence-electron chi connectivity index (χ1n) is 7.16. The lowest BCUT2D eigenvalue weighted by Crippen LogP contribution is -2.39. The molecule has 0 aliphatic heterocycles. The third-order valence-corrected chi connectivity index (χ3v) is 4.74. The number of benzene rings is 1. The van der Waals surface area contributed by atoms with E-state index in [1.807, 2.05) is 18.2 Å². The summed E-state index contributed by atoms with van der Waals surface area (Å²) in [5.41, 5.74) is 1.79. The zero-order valence-corrected chi connectivity index (χ0v) is 14.9. The van der Waals surface area contributed by atoms with E-state index in [4.69, 9.17) is 0 Å². The number of nitriles is 1. The SMILES string of the molecule is CN(CC(=O)N[C@@H](C#N)c1ccc(C(C)(C)C)cc1)S(C)(=O)=O. The van der Waals surface area contributed by atoms with Crippen LogP contribution < -0.4 is 5.32 Å². The summed E-state index contributed by atoms with van der Waals surface area (Å²) in [6.07, 6.45) is 1.02. The van der Waals surface area contributed by atoms with E-state index in [9.17, 15) is 18.5 Å². The van der Waals surface area contributed by atoms with Gasteiger partial charge in [0.05, 0.1) is 18.9 Å². The molecule has 0 spiro atoms. The zero-order chi connectivity index (χ0) is 17.8. The van der Waals surface area contributed by atoms with Crippen LogP contribution in [0.4, 0.5) is 0 Å². The van der Waals surface area contributed by atoms with Gasteiger partial charge >= 0.3 is 0 Å². The average molecular weight is 337 g/mol. The maximum atomic E-state index is 11.9. The topological polar surface area (TPSA) is 90.3 Å². The lowest BCUT2D eigenvalue weighted by molar-refractivity contribution is -0.121. The molecule has 0 radical (unpaired) electrons. The molecule has 0 unspecified atom stereocenters. The Morgan fingerprint density at radius 2 is 1.83 bits per heavy atom. The fourth-order valence-electron chi connectivity index (χ4n) is 1.89. The molecule has 1 atom stereocenters. The number of nitrogens with one attached hydrogen (secondary N) is 1. The van der Waals surface area contributed by atoms with Crippen molar-refractivity contribution in [3.05, 3.63) is 35.4 Å². The summed E-state index contributed by atoms with van der Waals surface area (Å²) in [5.74, 6) is -0.524. The van der Waals surface area contributed by atoms with E-state index in [0.717, 1.165) is 16.1 Å². The molecule has 23 heavy (non-hydrogen) atoms. The molecule has 0 bridgehead atoms. The van der Waals surface area contributed by atoms with Gasteiger partial charge in [-0.3, -0.25) is 4.79 Å². The summed E-state index contributed by atoms with van der Waals surface area (Å²) < 4.78 is 23.5. The van der Waals surface area contributed by atoms with Crippen LogP contribution in [0.3, 0.4) is 0 Å². The average Bonchev–Trinajstić information content (AvgIpc) is 2.43. The van der Waals surface area contributed by atoms with Crippen LogP contribution in [0.15, 0.2) is 24.3 Å². The molecule has 1 amide bonds. The second-order valence-corrected chi connectivity index (χ2v) is 8.61. The number of likely N-dealkylation sites (N-methyl/N-ethyl adjacent to an activating group) is 1. The van der Waals surface area contributed by atoms with Crippen LogP contribution in [0.1, 0.15) is 37.9 Å². The number of hydrogen-bond acceptors (Lipinski definition) is 4. The highest BCUT2D eigenvalue weighted by Gasteiger charge is 2.20. The molecule has 0 aromatic heterocycles. The van der Waals surface area contributed by atoms with E-state index in [1.165, 1.54) is 7.05 Å². The standard InChI is InChI=1S/C16H23N3O3S/c1-16(2,3)13-8-6-12(7-9-13)14(10-17)18-15(20)11-19(4)23(5,21)22/h6-9,14H,11H2,1-5H3,(H,18,20)/t14-/m0/s1. The van der Waals surface area contributed by atoms with Crippen molar-refractivity contribution < 1.29 is 13.2 Å². The summed E-state index contributed by atoms with van der Waals surface area (Å²) in [6, 6.07) is 8.66. The van der Waals surface area contributed by atoms with Gasteiger partial charge in [-0.05, 0) is 16.5 Å². The van der Waals surface area contributed by atoms with Gasteiger partial charge in [0.15, 0.2) is 0 Å². The molecule has 0 saturated heterocycles. The number of carbonyl (C=O) groups excluding carboxylic acids is 1. The van der Waals surface area contributed by atoms with Crippen molar-refractivity contribution in [3.63, 3.8) is 0 Å². The maximum absolute atomic E-state index is 11.9. The minimum Gasteiger partial charge on any atom is -0.335 e. The molecule has 126 valence electrons. The van der Waals surface area contributed by atoms with Gasteiger partial charge in [-0.25, -0.2) is 8.42 Å². The van der Waals surface area contributed by atoms with E-state index >= 15 is 0 Å². The van der Waals surface area contributed by atoms with Crippen LogP contribution in [-0.4, -0.2) is 38.5 Å². The van der Waals surface area contributed by atoms with E-state index in [1.54, 1.807) is 12.1 Å². The highest BCUT2D eigenvalue weighted by atomic mass is 32.2. The van der Waals surface area contributed by atoms with Crippen molar-refractivity contribution in [3.8, 4) is 6.07 Å². The minimum absolute atomic E-state index is 0.00210. The second-order valence-electron chi connectivity index (χ2n) is 6.52. The summed E-state index contributed by atoms with van der Waals surface area (Å²) in [6.45, 7) is 5.95. The smallest absolute Gasteiger partial charge is 0.236 e. The number of amides is 1. The second kappa shape index (κ2) is 7.11. The lowest BCUT2D eigenvalue weighted by atomic mass is 9.86. The van der Waals surface area contributed by atoms with Crippen molar-refractivity contribution in [2.45, 2.75) is 32.2 Å². The molecule has 0 aliphatic carbocycles. The molecular formula is C16H23N3O3S. The van der Waals surface area contributed by atoms with Gasteiger partial charge in [0, 0.05) is 7.05 Å². The Kier molecular flexibility index (Phi) is 5.92. The Balaban J connectivity index is 2.82. The number of sulfonamides is 1. The van der Waals surface area contributed by atoms with Crippen LogP contribution in [0.2, 0.25) is 0 Å². The van der Waals surface area contributed by atoms with Crippen molar-refractivity contribution in [1.82, 2.24) is 9.62 Å².